The second-order valence-electron chi connectivity index (χ2n) is 2.66. The Balaban J connectivity index is 2.19. The number of esters is 1. The van der Waals surface area contributed by atoms with E-state index >= 15 is 0 Å². The lowest BCUT2D eigenvalue weighted by atomic mass is 10.1. The fourth-order valence-corrected chi connectivity index (χ4v) is 2.28. The number of halogens is 1. The summed E-state index contributed by atoms with van der Waals surface area (Å²) in [5.74, 6) is 0.218. The van der Waals surface area contributed by atoms with Crippen molar-refractivity contribution in [1.82, 2.24) is 0 Å². The SMILES string of the molecule is O=C1O[C@@H]2C[C@H]1C[C@H]2Br. The summed E-state index contributed by atoms with van der Waals surface area (Å²) in [5.41, 5.74) is 0. The summed E-state index contributed by atoms with van der Waals surface area (Å²) in [5, 5.41) is 0. The number of fused-ring (bicyclic) bond motifs is 2. The van der Waals surface area contributed by atoms with Gasteiger partial charge in [0.15, 0.2) is 0 Å². The van der Waals surface area contributed by atoms with Gasteiger partial charge in [-0.2, -0.15) is 0 Å². The van der Waals surface area contributed by atoms with E-state index in [1.807, 2.05) is 0 Å². The molecule has 0 aromatic heterocycles. The first-order valence-corrected chi connectivity index (χ1v) is 4.03. The zero-order valence-corrected chi connectivity index (χ0v) is 6.43. The number of hydrogen-bond acceptors (Lipinski definition) is 2. The third-order valence-electron chi connectivity index (χ3n) is 2.03. The van der Waals surface area contributed by atoms with Crippen LogP contribution in [0.15, 0.2) is 0 Å². The van der Waals surface area contributed by atoms with Crippen LogP contribution in [0.25, 0.3) is 0 Å². The predicted octanol–water partition coefficient (Wildman–Crippen LogP) is 1.09. The average molecular weight is 191 g/mol. The van der Waals surface area contributed by atoms with Gasteiger partial charge in [0.25, 0.3) is 0 Å². The number of hydrogen-bond donors (Lipinski definition) is 0. The molecule has 0 aromatic rings. The van der Waals surface area contributed by atoms with Crippen molar-refractivity contribution in [2.45, 2.75) is 23.8 Å². The Labute approximate surface area is 61.7 Å². The number of ether oxygens (including phenoxy) is 1. The van der Waals surface area contributed by atoms with E-state index in [9.17, 15) is 4.79 Å². The minimum atomic E-state index is 0.00991. The van der Waals surface area contributed by atoms with Crippen molar-refractivity contribution >= 4 is 21.9 Å². The molecule has 0 amide bonds. The number of alkyl halides is 1. The van der Waals surface area contributed by atoms with Crippen LogP contribution in [-0.2, 0) is 9.53 Å². The van der Waals surface area contributed by atoms with Crippen LogP contribution in [0.3, 0.4) is 0 Å². The van der Waals surface area contributed by atoms with E-state index in [4.69, 9.17) is 4.74 Å². The minimum Gasteiger partial charge on any atom is -0.461 e. The summed E-state index contributed by atoms with van der Waals surface area (Å²) in [7, 11) is 0. The van der Waals surface area contributed by atoms with Crippen LogP contribution in [0.1, 0.15) is 12.8 Å². The van der Waals surface area contributed by atoms with Gasteiger partial charge in [-0.15, -0.1) is 0 Å². The summed E-state index contributed by atoms with van der Waals surface area (Å²) in [4.78, 5) is 11.2. The summed E-state index contributed by atoms with van der Waals surface area (Å²) in [6.45, 7) is 0. The Bertz CT molecular complexity index is 155. The molecule has 2 nitrogen and oxygen atoms in total. The average Bonchev–Trinajstić information content (AvgIpc) is 2.24. The van der Waals surface area contributed by atoms with Crippen molar-refractivity contribution < 1.29 is 9.53 Å². The third-order valence-corrected chi connectivity index (χ3v) is 2.99. The van der Waals surface area contributed by atoms with Gasteiger partial charge in [-0.3, -0.25) is 4.79 Å². The lowest BCUT2D eigenvalue weighted by molar-refractivity contribution is -0.147. The molecule has 0 N–H and O–H groups in total. The van der Waals surface area contributed by atoms with E-state index in [1.54, 1.807) is 0 Å². The fourth-order valence-electron chi connectivity index (χ4n) is 1.51. The Morgan fingerprint density at radius 1 is 1.56 bits per heavy atom. The second kappa shape index (κ2) is 1.72. The molecule has 2 bridgehead atoms. The van der Waals surface area contributed by atoms with Gasteiger partial charge < -0.3 is 4.74 Å². The Morgan fingerprint density at radius 3 is 2.67 bits per heavy atom. The molecule has 1 saturated heterocycles. The van der Waals surface area contributed by atoms with Gasteiger partial charge in [-0.25, -0.2) is 0 Å². The predicted molar refractivity (Wildman–Crippen MR) is 35.3 cm³/mol. The molecule has 0 radical (unpaired) electrons. The molecule has 1 heterocycles. The van der Waals surface area contributed by atoms with Crippen LogP contribution >= 0.6 is 15.9 Å². The molecule has 0 unspecified atom stereocenters. The molecule has 2 aliphatic rings. The Morgan fingerprint density at radius 2 is 2.33 bits per heavy atom. The van der Waals surface area contributed by atoms with E-state index < -0.39 is 0 Å². The smallest absolute Gasteiger partial charge is 0.309 e. The largest absolute Gasteiger partial charge is 0.461 e. The molecule has 3 atom stereocenters. The minimum absolute atomic E-state index is 0.00991. The number of carbonyl (C=O) groups is 1. The van der Waals surface area contributed by atoms with Crippen LogP contribution < -0.4 is 0 Å². The van der Waals surface area contributed by atoms with E-state index in [1.165, 1.54) is 0 Å². The van der Waals surface area contributed by atoms with Crippen molar-refractivity contribution in [3.8, 4) is 0 Å². The maximum Gasteiger partial charge on any atom is 0.309 e. The van der Waals surface area contributed by atoms with Crippen molar-refractivity contribution in [1.29, 1.82) is 0 Å². The van der Waals surface area contributed by atoms with Gasteiger partial charge in [0.2, 0.25) is 0 Å². The molecule has 2 rings (SSSR count). The molecule has 1 saturated carbocycles. The fraction of sp³-hybridized carbons (Fsp3) is 0.833. The summed E-state index contributed by atoms with van der Waals surface area (Å²) in [6.07, 6.45) is 2.10. The van der Waals surface area contributed by atoms with E-state index in [-0.39, 0.29) is 18.0 Å². The zero-order chi connectivity index (χ0) is 6.43. The molecule has 1 aliphatic carbocycles. The topological polar surface area (TPSA) is 26.3 Å². The molecule has 0 spiro atoms. The molecular formula is C6H7BrO2. The molecule has 1 aliphatic heterocycles. The van der Waals surface area contributed by atoms with Gasteiger partial charge in [0.05, 0.1) is 10.7 Å². The van der Waals surface area contributed by atoms with Gasteiger partial charge >= 0.3 is 5.97 Å². The van der Waals surface area contributed by atoms with E-state index in [2.05, 4.69) is 15.9 Å². The highest BCUT2D eigenvalue weighted by Gasteiger charge is 2.46. The zero-order valence-electron chi connectivity index (χ0n) is 4.84. The quantitative estimate of drug-likeness (QED) is 0.423. The second-order valence-corrected chi connectivity index (χ2v) is 3.84. The lowest BCUT2D eigenvalue weighted by Crippen LogP contribution is -2.23. The van der Waals surface area contributed by atoms with Gasteiger partial charge in [0.1, 0.15) is 6.10 Å². The van der Waals surface area contributed by atoms with Gasteiger partial charge in [-0.05, 0) is 12.8 Å². The first-order chi connectivity index (χ1) is 4.27. The van der Waals surface area contributed by atoms with Crippen LogP contribution in [0, 0.1) is 5.92 Å². The first-order valence-electron chi connectivity index (χ1n) is 3.12. The lowest BCUT2D eigenvalue weighted by Gasteiger charge is -2.14. The molecule has 50 valence electrons. The maximum absolute atomic E-state index is 10.7. The Kier molecular flexibility index (Phi) is 1.09. The molecule has 0 aromatic carbocycles. The van der Waals surface area contributed by atoms with Crippen molar-refractivity contribution in [3.63, 3.8) is 0 Å². The Hall–Kier alpha value is -0.0500. The van der Waals surface area contributed by atoms with Crippen molar-refractivity contribution in [3.05, 3.63) is 0 Å². The number of carbonyl (C=O) groups excluding carboxylic acids is 1. The van der Waals surface area contributed by atoms with Crippen molar-refractivity contribution in [2.24, 2.45) is 5.92 Å². The molecular weight excluding hydrogens is 184 g/mol. The van der Waals surface area contributed by atoms with E-state index in [0.717, 1.165) is 12.8 Å². The number of rotatable bonds is 0. The monoisotopic (exact) mass is 190 g/mol. The highest BCUT2D eigenvalue weighted by Crippen LogP contribution is 2.39. The highest BCUT2D eigenvalue weighted by molar-refractivity contribution is 9.09. The molecule has 9 heavy (non-hydrogen) atoms. The van der Waals surface area contributed by atoms with Crippen LogP contribution in [-0.4, -0.2) is 16.9 Å². The van der Waals surface area contributed by atoms with Crippen LogP contribution in [0.2, 0.25) is 0 Å². The van der Waals surface area contributed by atoms with Crippen LogP contribution in [0.4, 0.5) is 0 Å². The highest BCUT2D eigenvalue weighted by atomic mass is 79.9. The van der Waals surface area contributed by atoms with Crippen molar-refractivity contribution in [2.75, 3.05) is 0 Å². The third kappa shape index (κ3) is 0.707. The first kappa shape index (κ1) is 5.71. The summed E-state index contributed by atoms with van der Waals surface area (Å²) < 4.78 is 4.99. The molecule has 2 fully saturated rings. The standard InChI is InChI=1S/C6H7BrO2/c7-4-1-3-2-5(4)9-6(3)8/h3-5H,1-2H2/t3-,4-,5-/m1/s1. The van der Waals surface area contributed by atoms with Crippen LogP contribution in [0.5, 0.6) is 0 Å². The normalized spacial score (nSPS) is 47.7. The van der Waals surface area contributed by atoms with Gasteiger partial charge in [-0.1, -0.05) is 15.9 Å². The molecule has 3 heteroatoms. The van der Waals surface area contributed by atoms with E-state index in [0.29, 0.717) is 4.83 Å². The maximum atomic E-state index is 10.7. The summed E-state index contributed by atoms with van der Waals surface area (Å²) >= 11 is 3.45. The summed E-state index contributed by atoms with van der Waals surface area (Å²) in [6, 6.07) is 0. The van der Waals surface area contributed by atoms with Gasteiger partial charge in [0, 0.05) is 0 Å².